The third-order valence-electron chi connectivity index (χ3n) is 10.6. The first-order valence-corrected chi connectivity index (χ1v) is 19.1. The van der Waals surface area contributed by atoms with Crippen molar-refractivity contribution in [2.24, 2.45) is 17.3 Å². The van der Waals surface area contributed by atoms with Crippen LogP contribution in [-0.2, 0) is 19.8 Å². The molecule has 2 fully saturated rings. The first-order chi connectivity index (χ1) is 23.1. The smallest absolute Gasteiger partial charge is 0.315 e. The maximum absolute atomic E-state index is 14.6. The van der Waals surface area contributed by atoms with Gasteiger partial charge in [-0.05, 0) is 84.6 Å². The Morgan fingerprint density at radius 2 is 1.63 bits per heavy atom. The lowest BCUT2D eigenvalue weighted by molar-refractivity contribution is -0.298. The van der Waals surface area contributed by atoms with Crippen LogP contribution in [0.25, 0.3) is 0 Å². The number of aromatic nitrogens is 1. The van der Waals surface area contributed by atoms with Crippen molar-refractivity contribution in [3.8, 4) is 0 Å². The van der Waals surface area contributed by atoms with E-state index in [1.165, 1.54) is 12.8 Å². The molecule has 3 atom stereocenters. The van der Waals surface area contributed by atoms with Gasteiger partial charge in [0, 0.05) is 22.7 Å². The maximum atomic E-state index is 14.6. The second-order valence-corrected chi connectivity index (χ2v) is 16.4. The van der Waals surface area contributed by atoms with Crippen molar-refractivity contribution < 1.29 is 29.0 Å². The summed E-state index contributed by atoms with van der Waals surface area (Å²) < 4.78 is 12.2. The minimum absolute atomic E-state index is 0.183. The lowest BCUT2D eigenvalue weighted by Gasteiger charge is -2.48. The van der Waals surface area contributed by atoms with E-state index in [1.54, 1.807) is 26.1 Å². The number of aromatic amines is 1. The van der Waals surface area contributed by atoms with Gasteiger partial charge in [0.15, 0.2) is 11.6 Å². The Labute approximate surface area is 296 Å². The van der Waals surface area contributed by atoms with E-state index in [9.17, 15) is 19.5 Å². The third-order valence-corrected chi connectivity index (χ3v) is 10.6. The van der Waals surface area contributed by atoms with Crippen LogP contribution in [0.4, 0.5) is 4.79 Å². The minimum atomic E-state index is -1.34. The van der Waals surface area contributed by atoms with Gasteiger partial charge >= 0.3 is 12.0 Å². The molecule has 1 aromatic heterocycles. The lowest BCUT2D eigenvalue weighted by atomic mass is 9.63. The third kappa shape index (κ3) is 10.9. The summed E-state index contributed by atoms with van der Waals surface area (Å²) in [5, 5.41) is 17.5. The summed E-state index contributed by atoms with van der Waals surface area (Å²) in [4.78, 5) is 45.6. The second-order valence-electron chi connectivity index (χ2n) is 16.4. The van der Waals surface area contributed by atoms with Crippen LogP contribution >= 0.6 is 0 Å². The van der Waals surface area contributed by atoms with Crippen molar-refractivity contribution in [3.05, 3.63) is 35.7 Å². The number of rotatable bonds is 19. The number of unbranched alkanes of at least 4 members (excludes halogenated alkanes) is 5. The average Bonchev–Trinajstić information content (AvgIpc) is 3.53. The molecule has 2 heterocycles. The van der Waals surface area contributed by atoms with Crippen molar-refractivity contribution in [1.29, 1.82) is 0 Å². The lowest BCUT2D eigenvalue weighted by Crippen LogP contribution is -2.63. The number of Topliss-reactive ketones (excluding diaryl/α,β-unsaturated/α-hetero) is 1. The zero-order valence-electron chi connectivity index (χ0n) is 31.8. The highest BCUT2D eigenvalue weighted by molar-refractivity contribution is 6.02. The Kier molecular flexibility index (Phi) is 15.0. The Hall–Kier alpha value is -2.65. The number of allylic oxidation sites excluding steroid dienone is 2. The number of aliphatic carboxylic acids is 1. The van der Waals surface area contributed by atoms with Gasteiger partial charge in [0.1, 0.15) is 6.10 Å². The van der Waals surface area contributed by atoms with E-state index in [4.69, 9.17) is 9.47 Å². The van der Waals surface area contributed by atoms with Crippen molar-refractivity contribution in [2.45, 2.75) is 175 Å². The SMILES string of the molecule is CCCCC=CCCCCC(C)(C)NC(=O)NC(c1[nH]ccc1C(=O)C1OC(C)(C)OCC1(C)C)(C1CCCCC1)C(CCCC)C(=O)O. The van der Waals surface area contributed by atoms with Crippen molar-refractivity contribution in [2.75, 3.05) is 6.61 Å². The number of ketones is 1. The molecule has 9 heteroatoms. The molecule has 0 spiro atoms. The van der Waals surface area contributed by atoms with Crippen LogP contribution in [0.3, 0.4) is 0 Å². The number of carboxylic acid groups (broad SMARTS) is 1. The number of carbonyl (C=O) groups is 3. The molecule has 9 nitrogen and oxygen atoms in total. The summed E-state index contributed by atoms with van der Waals surface area (Å²) >= 11 is 0. The summed E-state index contributed by atoms with van der Waals surface area (Å²) in [6, 6.07) is 1.32. The quantitative estimate of drug-likeness (QED) is 0.0652. The number of H-pyrrole nitrogens is 1. The molecule has 49 heavy (non-hydrogen) atoms. The Balaban J connectivity index is 2.02. The van der Waals surface area contributed by atoms with Gasteiger partial charge < -0.3 is 30.2 Å². The number of urea groups is 1. The van der Waals surface area contributed by atoms with E-state index in [-0.39, 0.29) is 11.7 Å². The second kappa shape index (κ2) is 18.0. The average molecular weight is 686 g/mol. The molecule has 278 valence electrons. The number of hydrogen-bond donors (Lipinski definition) is 4. The molecule has 0 aromatic carbocycles. The van der Waals surface area contributed by atoms with Gasteiger partial charge in [-0.2, -0.15) is 0 Å². The van der Waals surface area contributed by atoms with Crippen LogP contribution in [0, 0.1) is 17.3 Å². The van der Waals surface area contributed by atoms with E-state index in [1.807, 2.05) is 34.6 Å². The largest absolute Gasteiger partial charge is 0.481 e. The predicted molar refractivity (Wildman–Crippen MR) is 196 cm³/mol. The number of amides is 2. The first kappa shape index (κ1) is 40.8. The zero-order chi connectivity index (χ0) is 36.3. The molecular formula is C40H67N3O6. The van der Waals surface area contributed by atoms with Crippen LogP contribution < -0.4 is 10.6 Å². The molecule has 0 bridgehead atoms. The molecular weight excluding hydrogens is 618 g/mol. The normalized spacial score (nSPS) is 21.6. The van der Waals surface area contributed by atoms with Gasteiger partial charge in [0.25, 0.3) is 0 Å². The summed E-state index contributed by atoms with van der Waals surface area (Å²) in [6.07, 6.45) is 19.0. The fourth-order valence-electron chi connectivity index (χ4n) is 7.78. The fourth-order valence-corrected chi connectivity index (χ4v) is 7.78. The van der Waals surface area contributed by atoms with Crippen LogP contribution in [0.5, 0.6) is 0 Å². The standard InChI is InChI=1S/C40H67N3O6/c1-9-11-13-14-15-16-17-21-26-38(5,6)42-36(47)43-40(29-22-19-18-20-23-29,31(35(45)46)24-12-10-2)33-30(25-27-41-33)32(44)34-37(3,4)28-48-39(7,8)49-34/h14-15,25,27,29,31,34,41H,9-13,16-24,26,28H2,1-8H3,(H,45,46)(H2,42,43,47). The summed E-state index contributed by atoms with van der Waals surface area (Å²) in [5.74, 6) is -3.29. The highest BCUT2D eigenvalue weighted by Crippen LogP contribution is 2.48. The van der Waals surface area contributed by atoms with Crippen molar-refractivity contribution in [1.82, 2.24) is 15.6 Å². The Morgan fingerprint density at radius 1 is 0.980 bits per heavy atom. The highest BCUT2D eigenvalue weighted by atomic mass is 16.7. The first-order valence-electron chi connectivity index (χ1n) is 19.1. The fraction of sp³-hybridized carbons (Fsp3) is 0.775. The molecule has 2 amide bonds. The molecule has 1 aliphatic heterocycles. The predicted octanol–water partition coefficient (Wildman–Crippen LogP) is 9.43. The Bertz CT molecular complexity index is 1240. The molecule has 1 saturated heterocycles. The van der Waals surface area contributed by atoms with E-state index in [0.717, 1.165) is 70.6 Å². The van der Waals surface area contributed by atoms with Crippen LogP contribution in [-0.4, -0.2) is 51.9 Å². The van der Waals surface area contributed by atoms with Gasteiger partial charge in [-0.1, -0.05) is 91.2 Å². The van der Waals surface area contributed by atoms with E-state index >= 15 is 0 Å². The highest BCUT2D eigenvalue weighted by Gasteiger charge is 2.55. The Morgan fingerprint density at radius 3 is 2.27 bits per heavy atom. The summed E-state index contributed by atoms with van der Waals surface area (Å²) in [6.45, 7) is 16.1. The number of carbonyl (C=O) groups excluding carboxylic acids is 2. The molecule has 4 N–H and O–H groups in total. The van der Waals surface area contributed by atoms with Crippen molar-refractivity contribution >= 4 is 17.8 Å². The van der Waals surface area contributed by atoms with Crippen molar-refractivity contribution in [3.63, 3.8) is 0 Å². The van der Waals surface area contributed by atoms with E-state index in [2.05, 4.69) is 34.7 Å². The topological polar surface area (TPSA) is 130 Å². The number of hydrogen-bond acceptors (Lipinski definition) is 5. The molecule has 1 aromatic rings. The van der Waals surface area contributed by atoms with E-state index < -0.39 is 46.3 Å². The van der Waals surface area contributed by atoms with Crippen LogP contribution in [0.15, 0.2) is 24.4 Å². The molecule has 3 rings (SSSR count). The molecule has 1 aliphatic carbocycles. The summed E-state index contributed by atoms with van der Waals surface area (Å²) in [5.41, 5.74) is -1.64. The van der Waals surface area contributed by atoms with Gasteiger partial charge in [0.05, 0.1) is 23.8 Å². The van der Waals surface area contributed by atoms with Gasteiger partial charge in [-0.15, -0.1) is 0 Å². The molecule has 0 radical (unpaired) electrons. The minimum Gasteiger partial charge on any atom is -0.481 e. The van der Waals surface area contributed by atoms with Crippen LogP contribution in [0.1, 0.15) is 168 Å². The number of ether oxygens (including phenoxy) is 2. The van der Waals surface area contributed by atoms with E-state index in [0.29, 0.717) is 30.7 Å². The zero-order valence-corrected chi connectivity index (χ0v) is 31.8. The van der Waals surface area contributed by atoms with Gasteiger partial charge in [-0.3, -0.25) is 9.59 Å². The number of carboxylic acids is 1. The molecule has 3 unspecified atom stereocenters. The number of nitrogens with one attached hydrogen (secondary N) is 3. The summed E-state index contributed by atoms with van der Waals surface area (Å²) in [7, 11) is 0. The van der Waals surface area contributed by atoms with Gasteiger partial charge in [-0.25, -0.2) is 4.79 Å². The molecule has 2 aliphatic rings. The van der Waals surface area contributed by atoms with Gasteiger partial charge in [0.2, 0.25) is 0 Å². The van der Waals surface area contributed by atoms with Crippen LogP contribution in [0.2, 0.25) is 0 Å². The monoisotopic (exact) mass is 686 g/mol. The molecule has 1 saturated carbocycles. The maximum Gasteiger partial charge on any atom is 0.315 e.